The second kappa shape index (κ2) is 7.68. The predicted octanol–water partition coefficient (Wildman–Crippen LogP) is 2.31. The minimum Gasteiger partial charge on any atom is -0.493 e. The van der Waals surface area contributed by atoms with Crippen molar-refractivity contribution >= 4 is 6.29 Å². The highest BCUT2D eigenvalue weighted by Gasteiger charge is 2.09. The molecule has 4 nitrogen and oxygen atoms in total. The average molecular weight is 238 g/mol. The number of rotatable bonds is 8. The van der Waals surface area contributed by atoms with Crippen molar-refractivity contribution in [2.45, 2.75) is 12.8 Å². The van der Waals surface area contributed by atoms with Crippen molar-refractivity contribution < 1.29 is 19.0 Å². The molecule has 0 amide bonds. The highest BCUT2D eigenvalue weighted by molar-refractivity contribution is 5.81. The zero-order valence-electron chi connectivity index (χ0n) is 10.3. The molecule has 0 bridgehead atoms. The van der Waals surface area contributed by atoms with Crippen LogP contribution in [0, 0.1) is 0 Å². The van der Waals surface area contributed by atoms with E-state index in [-0.39, 0.29) is 0 Å². The van der Waals surface area contributed by atoms with Gasteiger partial charge in [-0.1, -0.05) is 6.07 Å². The Morgan fingerprint density at radius 1 is 1.18 bits per heavy atom. The standard InChI is InChI=1S/C13H18O4/c1-15-8-3-4-9-17-13-11(10-14)6-5-7-12(13)16-2/h5-7,10H,3-4,8-9H2,1-2H3. The predicted molar refractivity (Wildman–Crippen MR) is 65.0 cm³/mol. The molecule has 94 valence electrons. The molecule has 0 atom stereocenters. The third kappa shape index (κ3) is 4.07. The molecule has 0 N–H and O–H groups in total. The molecular weight excluding hydrogens is 220 g/mol. The number of hydrogen-bond acceptors (Lipinski definition) is 4. The van der Waals surface area contributed by atoms with Crippen molar-refractivity contribution in [1.29, 1.82) is 0 Å². The van der Waals surface area contributed by atoms with Crippen LogP contribution in [-0.4, -0.2) is 33.7 Å². The van der Waals surface area contributed by atoms with Crippen molar-refractivity contribution in [2.24, 2.45) is 0 Å². The van der Waals surface area contributed by atoms with E-state index < -0.39 is 0 Å². The zero-order chi connectivity index (χ0) is 12.5. The lowest BCUT2D eigenvalue weighted by molar-refractivity contribution is 0.111. The molecule has 0 saturated carbocycles. The van der Waals surface area contributed by atoms with Crippen LogP contribution >= 0.6 is 0 Å². The first-order valence-electron chi connectivity index (χ1n) is 5.57. The summed E-state index contributed by atoms with van der Waals surface area (Å²) in [5.41, 5.74) is 0.510. The first-order chi connectivity index (χ1) is 8.33. The van der Waals surface area contributed by atoms with Crippen LogP contribution in [0.2, 0.25) is 0 Å². The summed E-state index contributed by atoms with van der Waals surface area (Å²) in [5.74, 6) is 1.10. The third-order valence-corrected chi connectivity index (χ3v) is 2.35. The molecule has 0 heterocycles. The number of carbonyl (C=O) groups is 1. The van der Waals surface area contributed by atoms with Gasteiger partial charge >= 0.3 is 0 Å². The van der Waals surface area contributed by atoms with E-state index in [9.17, 15) is 4.79 Å². The first-order valence-corrected chi connectivity index (χ1v) is 5.57. The summed E-state index contributed by atoms with van der Waals surface area (Å²) in [7, 11) is 3.23. The Bertz CT molecular complexity index is 349. The van der Waals surface area contributed by atoms with E-state index in [2.05, 4.69) is 0 Å². The fourth-order valence-corrected chi connectivity index (χ4v) is 1.46. The minimum atomic E-state index is 0.510. The molecule has 0 unspecified atom stereocenters. The lowest BCUT2D eigenvalue weighted by Crippen LogP contribution is -2.03. The summed E-state index contributed by atoms with van der Waals surface area (Å²) in [4.78, 5) is 10.9. The van der Waals surface area contributed by atoms with Crippen LogP contribution in [0.15, 0.2) is 18.2 Å². The Morgan fingerprint density at radius 3 is 2.59 bits per heavy atom. The summed E-state index contributed by atoms with van der Waals surface area (Å²) < 4.78 is 15.7. The van der Waals surface area contributed by atoms with E-state index in [1.807, 2.05) is 0 Å². The molecule has 0 saturated heterocycles. The third-order valence-electron chi connectivity index (χ3n) is 2.35. The van der Waals surface area contributed by atoms with E-state index in [1.54, 1.807) is 32.4 Å². The maximum atomic E-state index is 10.9. The number of methoxy groups -OCH3 is 2. The van der Waals surface area contributed by atoms with Crippen LogP contribution < -0.4 is 9.47 Å². The number of ether oxygens (including phenoxy) is 3. The molecule has 0 aliphatic rings. The average Bonchev–Trinajstić information content (AvgIpc) is 2.38. The smallest absolute Gasteiger partial charge is 0.171 e. The molecule has 0 radical (unpaired) electrons. The van der Waals surface area contributed by atoms with Gasteiger partial charge in [0.15, 0.2) is 17.8 Å². The Kier molecular flexibility index (Phi) is 6.10. The van der Waals surface area contributed by atoms with Crippen LogP contribution in [0.25, 0.3) is 0 Å². The molecule has 0 aromatic heterocycles. The second-order valence-electron chi connectivity index (χ2n) is 3.54. The summed E-state index contributed by atoms with van der Waals surface area (Å²) in [5, 5.41) is 0. The highest BCUT2D eigenvalue weighted by atomic mass is 16.5. The molecule has 0 aliphatic carbocycles. The summed E-state index contributed by atoms with van der Waals surface area (Å²) in [6.07, 6.45) is 2.58. The number of hydrogen-bond donors (Lipinski definition) is 0. The van der Waals surface area contributed by atoms with E-state index in [0.717, 1.165) is 25.7 Å². The van der Waals surface area contributed by atoms with Gasteiger partial charge in [-0.15, -0.1) is 0 Å². The van der Waals surface area contributed by atoms with Gasteiger partial charge in [-0.3, -0.25) is 4.79 Å². The van der Waals surface area contributed by atoms with Crippen LogP contribution in [0.5, 0.6) is 11.5 Å². The molecule has 4 heteroatoms. The largest absolute Gasteiger partial charge is 0.493 e. The van der Waals surface area contributed by atoms with E-state index in [1.165, 1.54) is 0 Å². The van der Waals surface area contributed by atoms with Gasteiger partial charge in [-0.05, 0) is 25.0 Å². The van der Waals surface area contributed by atoms with Gasteiger partial charge in [0.25, 0.3) is 0 Å². The van der Waals surface area contributed by atoms with Gasteiger partial charge in [0.1, 0.15) is 0 Å². The Morgan fingerprint density at radius 2 is 1.94 bits per heavy atom. The zero-order valence-corrected chi connectivity index (χ0v) is 10.3. The fraction of sp³-hybridized carbons (Fsp3) is 0.462. The molecule has 0 aliphatic heterocycles. The van der Waals surface area contributed by atoms with Crippen molar-refractivity contribution in [1.82, 2.24) is 0 Å². The quantitative estimate of drug-likeness (QED) is 0.515. The van der Waals surface area contributed by atoms with Gasteiger partial charge in [-0.25, -0.2) is 0 Å². The molecule has 1 aromatic rings. The topological polar surface area (TPSA) is 44.8 Å². The number of carbonyl (C=O) groups excluding carboxylic acids is 1. The van der Waals surface area contributed by atoms with Crippen molar-refractivity contribution in [2.75, 3.05) is 27.4 Å². The van der Waals surface area contributed by atoms with E-state index in [4.69, 9.17) is 14.2 Å². The van der Waals surface area contributed by atoms with Gasteiger partial charge < -0.3 is 14.2 Å². The van der Waals surface area contributed by atoms with Gasteiger partial charge in [-0.2, -0.15) is 0 Å². The maximum Gasteiger partial charge on any atom is 0.171 e. The lowest BCUT2D eigenvalue weighted by atomic mass is 10.2. The van der Waals surface area contributed by atoms with Crippen LogP contribution in [-0.2, 0) is 4.74 Å². The van der Waals surface area contributed by atoms with Gasteiger partial charge in [0, 0.05) is 13.7 Å². The lowest BCUT2D eigenvalue weighted by Gasteiger charge is -2.12. The fourth-order valence-electron chi connectivity index (χ4n) is 1.46. The maximum absolute atomic E-state index is 10.9. The van der Waals surface area contributed by atoms with Crippen LogP contribution in [0.3, 0.4) is 0 Å². The highest BCUT2D eigenvalue weighted by Crippen LogP contribution is 2.30. The second-order valence-corrected chi connectivity index (χ2v) is 3.54. The van der Waals surface area contributed by atoms with Crippen molar-refractivity contribution in [3.8, 4) is 11.5 Å². The SMILES string of the molecule is COCCCCOc1c(C=O)cccc1OC. The summed E-state index contributed by atoms with van der Waals surface area (Å²) in [6.45, 7) is 1.26. The number of aldehydes is 1. The monoisotopic (exact) mass is 238 g/mol. The molecule has 0 spiro atoms. The van der Waals surface area contributed by atoms with Crippen molar-refractivity contribution in [3.63, 3.8) is 0 Å². The summed E-state index contributed by atoms with van der Waals surface area (Å²) in [6, 6.07) is 5.25. The minimum absolute atomic E-state index is 0.510. The van der Waals surface area contributed by atoms with Crippen LogP contribution in [0.4, 0.5) is 0 Å². The van der Waals surface area contributed by atoms with Crippen LogP contribution in [0.1, 0.15) is 23.2 Å². The van der Waals surface area contributed by atoms with E-state index in [0.29, 0.717) is 23.7 Å². The van der Waals surface area contributed by atoms with Crippen molar-refractivity contribution in [3.05, 3.63) is 23.8 Å². The Labute approximate surface area is 101 Å². The molecule has 1 rings (SSSR count). The molecular formula is C13H18O4. The molecule has 1 aromatic carbocycles. The Hall–Kier alpha value is -1.55. The van der Waals surface area contributed by atoms with Gasteiger partial charge in [0.2, 0.25) is 0 Å². The Balaban J connectivity index is 2.58. The number of para-hydroxylation sites is 1. The number of benzene rings is 1. The molecule has 17 heavy (non-hydrogen) atoms. The normalized spacial score (nSPS) is 10.0. The molecule has 0 fully saturated rings. The number of unbranched alkanes of at least 4 members (excludes halogenated alkanes) is 1. The summed E-state index contributed by atoms with van der Waals surface area (Å²) >= 11 is 0. The first kappa shape index (κ1) is 13.5. The van der Waals surface area contributed by atoms with Gasteiger partial charge in [0.05, 0.1) is 19.3 Å². The van der Waals surface area contributed by atoms with E-state index >= 15 is 0 Å².